The van der Waals surface area contributed by atoms with E-state index in [0.717, 1.165) is 5.52 Å². The molecule has 0 saturated carbocycles. The van der Waals surface area contributed by atoms with E-state index < -0.39 is 11.2 Å². The molecule has 0 bridgehead atoms. The summed E-state index contributed by atoms with van der Waals surface area (Å²) in [5, 5.41) is 20.6. The Hall–Kier alpha value is -3.85. The van der Waals surface area contributed by atoms with Crippen molar-refractivity contribution in [1.29, 1.82) is 5.26 Å². The van der Waals surface area contributed by atoms with Gasteiger partial charge in [-0.3, -0.25) is 4.79 Å². The molecular formula is C20H13N3O3. The number of para-hydroxylation sites is 3. The number of nitrogens with zero attached hydrogens (tertiary/aromatic N) is 3. The number of hydrogen-bond acceptors (Lipinski definition) is 5. The molecule has 0 radical (unpaired) electrons. The number of hydrogen-bond donors (Lipinski definition) is 1. The molecule has 0 fully saturated rings. The first kappa shape index (κ1) is 15.7. The average molecular weight is 343 g/mol. The van der Waals surface area contributed by atoms with Crippen molar-refractivity contribution in [2.24, 2.45) is 7.05 Å². The predicted molar refractivity (Wildman–Crippen MR) is 98.3 cm³/mol. The molecule has 2 aromatic heterocycles. The Morgan fingerprint density at radius 1 is 1.19 bits per heavy atom. The first-order valence-corrected chi connectivity index (χ1v) is 7.88. The van der Waals surface area contributed by atoms with Crippen LogP contribution in [0, 0.1) is 11.3 Å². The van der Waals surface area contributed by atoms with Crippen LogP contribution in [0.3, 0.4) is 0 Å². The molecule has 0 aliphatic heterocycles. The van der Waals surface area contributed by atoms with E-state index >= 15 is 0 Å². The second kappa shape index (κ2) is 5.90. The Labute approximate surface area is 147 Å². The van der Waals surface area contributed by atoms with Gasteiger partial charge in [-0.1, -0.05) is 24.3 Å². The van der Waals surface area contributed by atoms with Crippen molar-refractivity contribution in [3.05, 3.63) is 76.4 Å². The molecule has 0 saturated heterocycles. The first-order chi connectivity index (χ1) is 12.6. The van der Waals surface area contributed by atoms with Gasteiger partial charge in [0.15, 0.2) is 11.6 Å². The lowest BCUT2D eigenvalue weighted by Crippen LogP contribution is -2.10. The summed E-state index contributed by atoms with van der Waals surface area (Å²) >= 11 is 0. The smallest absolute Gasteiger partial charge is 0.203 e. The van der Waals surface area contributed by atoms with Crippen LogP contribution in [0.1, 0.15) is 11.4 Å². The van der Waals surface area contributed by atoms with Crippen LogP contribution in [0.4, 0.5) is 0 Å². The van der Waals surface area contributed by atoms with Gasteiger partial charge in [0.2, 0.25) is 5.43 Å². The van der Waals surface area contributed by atoms with Gasteiger partial charge in [0.25, 0.3) is 0 Å². The lowest BCUT2D eigenvalue weighted by atomic mass is 10.1. The van der Waals surface area contributed by atoms with Gasteiger partial charge in [0.05, 0.1) is 16.4 Å². The number of allylic oxidation sites excluding steroid dienone is 1. The highest BCUT2D eigenvalue weighted by atomic mass is 16.3. The van der Waals surface area contributed by atoms with Crippen molar-refractivity contribution < 1.29 is 9.52 Å². The zero-order chi connectivity index (χ0) is 18.3. The summed E-state index contributed by atoms with van der Waals surface area (Å²) < 4.78 is 7.13. The normalized spacial score (nSPS) is 12.2. The fourth-order valence-corrected chi connectivity index (χ4v) is 2.95. The maximum atomic E-state index is 12.7. The number of fused-ring (bicyclic) bond motifs is 2. The number of aromatic nitrogens is 2. The van der Waals surface area contributed by atoms with Crippen LogP contribution >= 0.6 is 0 Å². The fraction of sp³-hybridized carbons (Fsp3) is 0.0500. The summed E-state index contributed by atoms with van der Waals surface area (Å²) in [6, 6.07) is 16.1. The lowest BCUT2D eigenvalue weighted by molar-refractivity contribution is 0.506. The minimum Gasteiger partial charge on any atom is -0.506 e. The molecule has 0 aliphatic carbocycles. The average Bonchev–Trinajstić information content (AvgIpc) is 3.00. The van der Waals surface area contributed by atoms with E-state index in [4.69, 9.17) is 4.42 Å². The summed E-state index contributed by atoms with van der Waals surface area (Å²) in [7, 11) is 1.75. The second-order valence-corrected chi connectivity index (χ2v) is 5.79. The van der Waals surface area contributed by atoms with E-state index in [9.17, 15) is 15.2 Å². The molecule has 6 heteroatoms. The van der Waals surface area contributed by atoms with Crippen molar-refractivity contribution in [1.82, 2.24) is 9.55 Å². The van der Waals surface area contributed by atoms with Crippen molar-refractivity contribution in [3.63, 3.8) is 0 Å². The Morgan fingerprint density at radius 3 is 2.69 bits per heavy atom. The third-order valence-corrected chi connectivity index (χ3v) is 4.29. The van der Waals surface area contributed by atoms with Crippen molar-refractivity contribution in [2.45, 2.75) is 0 Å². The summed E-state index contributed by atoms with van der Waals surface area (Å²) in [4.78, 5) is 17.1. The number of rotatable bonds is 2. The molecule has 1 N–H and O–H groups in total. The van der Waals surface area contributed by atoms with Gasteiger partial charge in [-0.25, -0.2) is 4.98 Å². The molecule has 0 amide bonds. The molecule has 26 heavy (non-hydrogen) atoms. The van der Waals surface area contributed by atoms with Crippen LogP contribution in [-0.2, 0) is 7.05 Å². The van der Waals surface area contributed by atoms with E-state index in [1.165, 1.54) is 6.26 Å². The van der Waals surface area contributed by atoms with Gasteiger partial charge in [0, 0.05) is 7.05 Å². The maximum absolute atomic E-state index is 12.7. The van der Waals surface area contributed by atoms with Gasteiger partial charge in [0.1, 0.15) is 29.1 Å². The zero-order valence-corrected chi connectivity index (χ0v) is 13.8. The molecule has 0 unspecified atom stereocenters. The molecule has 0 aliphatic rings. The van der Waals surface area contributed by atoms with E-state index in [-0.39, 0.29) is 17.0 Å². The molecule has 126 valence electrons. The van der Waals surface area contributed by atoms with Gasteiger partial charge in [-0.15, -0.1) is 0 Å². The monoisotopic (exact) mass is 343 g/mol. The Bertz CT molecular complexity index is 1290. The summed E-state index contributed by atoms with van der Waals surface area (Å²) in [6.45, 7) is 0. The fourth-order valence-electron chi connectivity index (χ4n) is 2.95. The number of aliphatic hydroxyl groups excluding tert-OH is 1. The van der Waals surface area contributed by atoms with Crippen LogP contribution in [-0.4, -0.2) is 14.7 Å². The van der Waals surface area contributed by atoms with Gasteiger partial charge in [-0.2, -0.15) is 5.26 Å². The highest BCUT2D eigenvalue weighted by molar-refractivity contribution is 5.95. The van der Waals surface area contributed by atoms with Crippen LogP contribution in [0.25, 0.3) is 33.3 Å². The van der Waals surface area contributed by atoms with Crippen molar-refractivity contribution >= 4 is 33.3 Å². The maximum Gasteiger partial charge on any atom is 0.203 e. The molecule has 2 aromatic carbocycles. The lowest BCUT2D eigenvalue weighted by Gasteiger charge is -2.05. The molecule has 4 aromatic rings. The van der Waals surface area contributed by atoms with Gasteiger partial charge >= 0.3 is 0 Å². The topological polar surface area (TPSA) is 92.0 Å². The Balaban J connectivity index is 1.99. The first-order valence-electron chi connectivity index (χ1n) is 7.88. The molecule has 4 rings (SSSR count). The quantitative estimate of drug-likeness (QED) is 0.443. The van der Waals surface area contributed by atoms with Crippen molar-refractivity contribution in [2.75, 3.05) is 0 Å². The molecule has 0 spiro atoms. The second-order valence-electron chi connectivity index (χ2n) is 5.79. The summed E-state index contributed by atoms with van der Waals surface area (Å²) in [5.74, 6) is -0.177. The van der Waals surface area contributed by atoms with Crippen LogP contribution in [0.15, 0.2) is 64.0 Å². The SMILES string of the molecule is Cn1c(/C(C#N)=C(/O)c2coc3ccccc3c2=O)nc2ccccc21. The zero-order valence-electron chi connectivity index (χ0n) is 13.8. The molecular weight excluding hydrogens is 330 g/mol. The van der Waals surface area contributed by atoms with Crippen LogP contribution in [0.2, 0.25) is 0 Å². The van der Waals surface area contributed by atoms with E-state index in [1.54, 1.807) is 35.9 Å². The predicted octanol–water partition coefficient (Wildman–Crippen LogP) is 3.63. The Kier molecular flexibility index (Phi) is 3.55. The standard InChI is InChI=1S/C20H13N3O3/c1-23-16-8-4-3-7-15(16)22-20(23)13(10-21)19(25)14-11-26-17-9-5-2-6-12(17)18(14)24/h2-9,11,25H,1H3/b19-13+. The largest absolute Gasteiger partial charge is 0.506 e. The summed E-state index contributed by atoms with van der Waals surface area (Å²) in [6.07, 6.45) is 1.17. The Morgan fingerprint density at radius 2 is 1.92 bits per heavy atom. The minimum atomic E-state index is -0.453. The summed E-state index contributed by atoms with van der Waals surface area (Å²) in [5.41, 5.74) is 1.34. The third kappa shape index (κ3) is 2.26. The minimum absolute atomic E-state index is 0.0766. The van der Waals surface area contributed by atoms with Crippen molar-refractivity contribution in [3.8, 4) is 6.07 Å². The number of nitriles is 1. The molecule has 6 nitrogen and oxygen atoms in total. The molecule has 0 atom stereocenters. The number of aliphatic hydroxyl groups is 1. The number of imidazole rings is 1. The van der Waals surface area contributed by atoms with E-state index in [1.807, 2.05) is 30.3 Å². The molecule has 2 heterocycles. The van der Waals surface area contributed by atoms with Gasteiger partial charge < -0.3 is 14.1 Å². The van der Waals surface area contributed by atoms with Crippen LogP contribution in [0.5, 0.6) is 0 Å². The highest BCUT2D eigenvalue weighted by Crippen LogP contribution is 2.26. The third-order valence-electron chi connectivity index (χ3n) is 4.29. The number of benzene rings is 2. The van der Waals surface area contributed by atoms with Crippen LogP contribution < -0.4 is 5.43 Å². The van der Waals surface area contributed by atoms with E-state index in [0.29, 0.717) is 16.5 Å². The van der Waals surface area contributed by atoms with Gasteiger partial charge in [-0.05, 0) is 24.3 Å². The number of aryl methyl sites for hydroxylation is 1. The van der Waals surface area contributed by atoms with E-state index in [2.05, 4.69) is 4.98 Å². The highest BCUT2D eigenvalue weighted by Gasteiger charge is 2.20.